The van der Waals surface area contributed by atoms with E-state index in [1.807, 2.05) is 30.0 Å². The number of benzene rings is 1. The van der Waals surface area contributed by atoms with Gasteiger partial charge in [-0.1, -0.05) is 12.1 Å². The van der Waals surface area contributed by atoms with Crippen LogP contribution >= 0.6 is 0 Å². The highest BCUT2D eigenvalue weighted by molar-refractivity contribution is 5.98. The Kier molecular flexibility index (Phi) is 6.75. The first-order chi connectivity index (χ1) is 13.9. The van der Waals surface area contributed by atoms with Crippen LogP contribution in [0.15, 0.2) is 30.3 Å². The monoisotopic (exact) mass is 398 g/mol. The summed E-state index contributed by atoms with van der Waals surface area (Å²) in [7, 11) is 1.67. The fourth-order valence-corrected chi connectivity index (χ4v) is 4.10. The molecule has 1 aromatic heterocycles. The van der Waals surface area contributed by atoms with Crippen molar-refractivity contribution in [3.8, 4) is 5.75 Å². The highest BCUT2D eigenvalue weighted by Crippen LogP contribution is 2.18. The average molecular weight is 399 g/mol. The summed E-state index contributed by atoms with van der Waals surface area (Å²) < 4.78 is 7.45. The summed E-state index contributed by atoms with van der Waals surface area (Å²) in [6.45, 7) is 10.2. The lowest BCUT2D eigenvalue weighted by atomic mass is 10.1. The number of hydrogen-bond acceptors (Lipinski definition) is 3. The third kappa shape index (κ3) is 5.07. The Morgan fingerprint density at radius 3 is 2.34 bits per heavy atom. The van der Waals surface area contributed by atoms with Crippen molar-refractivity contribution in [3.63, 3.8) is 0 Å². The molecule has 156 valence electrons. The predicted octanol–water partition coefficient (Wildman–Crippen LogP) is 1.29. The Balaban J connectivity index is 1.60. The van der Waals surface area contributed by atoms with E-state index in [4.69, 9.17) is 4.74 Å². The van der Waals surface area contributed by atoms with Gasteiger partial charge in [-0.15, -0.1) is 0 Å². The van der Waals surface area contributed by atoms with Gasteiger partial charge in [-0.3, -0.25) is 9.59 Å². The highest BCUT2D eigenvalue weighted by atomic mass is 16.5. The maximum absolute atomic E-state index is 12.9. The number of amides is 1. The number of Topliss-reactive ketones (excluding diaryl/α,β-unsaturated/α-hetero) is 1. The molecule has 29 heavy (non-hydrogen) atoms. The minimum Gasteiger partial charge on any atom is -0.497 e. The Morgan fingerprint density at radius 1 is 1.10 bits per heavy atom. The second kappa shape index (κ2) is 9.27. The van der Waals surface area contributed by atoms with Crippen molar-refractivity contribution in [2.45, 2.75) is 33.7 Å². The van der Waals surface area contributed by atoms with Crippen LogP contribution < -0.4 is 9.64 Å². The van der Waals surface area contributed by atoms with Crippen molar-refractivity contribution in [1.82, 2.24) is 9.47 Å². The normalized spacial score (nSPS) is 14.8. The largest absolute Gasteiger partial charge is 0.497 e. The molecule has 2 heterocycles. The number of carbonyl (C=O) groups excluding carboxylic acids is 2. The van der Waals surface area contributed by atoms with Crippen LogP contribution in [0.1, 0.15) is 34.2 Å². The number of nitrogens with zero attached hydrogens (tertiary/aromatic N) is 2. The molecule has 1 N–H and O–H groups in total. The molecule has 0 spiro atoms. The van der Waals surface area contributed by atoms with Gasteiger partial charge < -0.3 is 19.1 Å². The zero-order valence-corrected chi connectivity index (χ0v) is 18.0. The summed E-state index contributed by atoms with van der Waals surface area (Å²) >= 11 is 0. The number of hydrogen-bond donors (Lipinski definition) is 1. The minimum atomic E-state index is 0.121. The zero-order chi connectivity index (χ0) is 21.0. The van der Waals surface area contributed by atoms with Gasteiger partial charge in [-0.2, -0.15) is 0 Å². The summed E-state index contributed by atoms with van der Waals surface area (Å²) in [5, 5.41) is 0. The van der Waals surface area contributed by atoms with Crippen LogP contribution in [0.25, 0.3) is 0 Å². The first-order valence-corrected chi connectivity index (χ1v) is 10.3. The van der Waals surface area contributed by atoms with Gasteiger partial charge in [0, 0.05) is 30.4 Å². The number of carbonyl (C=O) groups is 2. The summed E-state index contributed by atoms with van der Waals surface area (Å²) in [6.07, 6.45) is 0.909. The summed E-state index contributed by atoms with van der Waals surface area (Å²) in [6, 6.07) is 10.2. The molecular formula is C23H32N3O3+. The van der Waals surface area contributed by atoms with Crippen molar-refractivity contribution in [3.05, 3.63) is 52.8 Å². The topological polar surface area (TPSA) is 56.0 Å². The summed E-state index contributed by atoms with van der Waals surface area (Å²) in [5.74, 6) is 1.18. The van der Waals surface area contributed by atoms with E-state index in [0.717, 1.165) is 61.8 Å². The van der Waals surface area contributed by atoms with E-state index in [2.05, 4.69) is 23.6 Å². The van der Waals surface area contributed by atoms with Gasteiger partial charge in [0.25, 0.3) is 0 Å². The molecule has 0 radical (unpaired) electrons. The average Bonchev–Trinajstić information content (AvgIpc) is 3.01. The highest BCUT2D eigenvalue weighted by Gasteiger charge is 2.25. The van der Waals surface area contributed by atoms with Crippen LogP contribution in [0, 0.1) is 13.8 Å². The number of rotatable bonds is 7. The Bertz CT molecular complexity index is 862. The molecule has 0 bridgehead atoms. The molecule has 0 atom stereocenters. The molecule has 1 aliphatic rings. The number of ketones is 1. The SMILES string of the molecule is COc1ccc(CCn2c(C)cc(C(=O)C[NH+]3CCN(C(C)=O)CC3)c2C)cc1. The second-order valence-corrected chi connectivity index (χ2v) is 7.89. The van der Waals surface area contributed by atoms with E-state index in [1.165, 1.54) is 10.5 Å². The van der Waals surface area contributed by atoms with E-state index in [1.54, 1.807) is 14.0 Å². The lowest BCUT2D eigenvalue weighted by molar-refractivity contribution is -0.895. The van der Waals surface area contributed by atoms with Crippen LogP contribution in [-0.2, 0) is 17.8 Å². The van der Waals surface area contributed by atoms with Crippen LogP contribution in [0.3, 0.4) is 0 Å². The van der Waals surface area contributed by atoms with Gasteiger partial charge in [0.2, 0.25) is 11.7 Å². The van der Waals surface area contributed by atoms with Gasteiger partial charge in [0.05, 0.1) is 33.3 Å². The fraction of sp³-hybridized carbons (Fsp3) is 0.478. The molecule has 2 aromatic rings. The van der Waals surface area contributed by atoms with Gasteiger partial charge in [-0.25, -0.2) is 0 Å². The van der Waals surface area contributed by atoms with E-state index in [-0.39, 0.29) is 11.7 Å². The Hall–Kier alpha value is -2.60. The molecule has 1 saturated heterocycles. The Labute approximate surface area is 173 Å². The molecule has 1 amide bonds. The third-order valence-corrected chi connectivity index (χ3v) is 5.98. The number of aryl methyl sites for hydroxylation is 2. The van der Waals surface area contributed by atoms with Crippen LogP contribution in [0.5, 0.6) is 5.75 Å². The van der Waals surface area contributed by atoms with Crippen molar-refractivity contribution in [1.29, 1.82) is 0 Å². The molecule has 0 unspecified atom stereocenters. The van der Waals surface area contributed by atoms with Crippen molar-refractivity contribution in [2.75, 3.05) is 39.8 Å². The number of methoxy groups -OCH3 is 1. The standard InChI is InChI=1S/C23H31N3O3/c1-17-15-22(23(28)16-24-11-13-25(14-12-24)19(3)27)18(2)26(17)10-9-20-5-7-21(29-4)8-6-20/h5-8,15H,9-14,16H2,1-4H3/p+1. The van der Waals surface area contributed by atoms with Crippen LogP contribution in [0.2, 0.25) is 0 Å². The molecule has 6 nitrogen and oxygen atoms in total. The maximum Gasteiger partial charge on any atom is 0.219 e. The molecule has 1 fully saturated rings. The van der Waals surface area contributed by atoms with Crippen LogP contribution in [-0.4, -0.2) is 61.0 Å². The van der Waals surface area contributed by atoms with Gasteiger partial charge in [0.15, 0.2) is 0 Å². The second-order valence-electron chi connectivity index (χ2n) is 7.89. The lowest BCUT2D eigenvalue weighted by Gasteiger charge is -2.31. The van der Waals surface area contributed by atoms with Gasteiger partial charge >= 0.3 is 0 Å². The molecule has 3 rings (SSSR count). The predicted molar refractivity (Wildman–Crippen MR) is 113 cm³/mol. The number of aromatic nitrogens is 1. The Morgan fingerprint density at radius 2 is 1.76 bits per heavy atom. The van der Waals surface area contributed by atoms with E-state index < -0.39 is 0 Å². The molecule has 1 aliphatic heterocycles. The van der Waals surface area contributed by atoms with E-state index in [9.17, 15) is 9.59 Å². The molecule has 0 aliphatic carbocycles. The van der Waals surface area contributed by atoms with Crippen LogP contribution in [0.4, 0.5) is 0 Å². The van der Waals surface area contributed by atoms with E-state index >= 15 is 0 Å². The van der Waals surface area contributed by atoms with E-state index in [0.29, 0.717) is 6.54 Å². The molecule has 1 aromatic carbocycles. The quantitative estimate of drug-likeness (QED) is 0.715. The smallest absolute Gasteiger partial charge is 0.219 e. The summed E-state index contributed by atoms with van der Waals surface area (Å²) in [5.41, 5.74) is 4.25. The number of ether oxygens (including phenoxy) is 1. The minimum absolute atomic E-state index is 0.121. The van der Waals surface area contributed by atoms with Crippen molar-refractivity contribution in [2.24, 2.45) is 0 Å². The lowest BCUT2D eigenvalue weighted by Crippen LogP contribution is -3.15. The number of nitrogens with one attached hydrogen (secondary N) is 1. The van der Waals surface area contributed by atoms with Crippen molar-refractivity contribution < 1.29 is 19.2 Å². The first-order valence-electron chi connectivity index (χ1n) is 10.3. The number of piperazine rings is 1. The number of quaternary nitrogens is 1. The molecule has 6 heteroatoms. The first kappa shape index (κ1) is 21.1. The fourth-order valence-electron chi connectivity index (χ4n) is 4.10. The van der Waals surface area contributed by atoms with Gasteiger partial charge in [0.1, 0.15) is 12.3 Å². The molecule has 0 saturated carbocycles. The summed E-state index contributed by atoms with van der Waals surface area (Å²) in [4.78, 5) is 27.5. The zero-order valence-electron chi connectivity index (χ0n) is 18.0. The van der Waals surface area contributed by atoms with Crippen molar-refractivity contribution >= 4 is 11.7 Å². The molecular weight excluding hydrogens is 366 g/mol. The maximum atomic E-state index is 12.9. The third-order valence-electron chi connectivity index (χ3n) is 5.98. The van der Waals surface area contributed by atoms with Gasteiger partial charge in [-0.05, 0) is 44.0 Å².